The Morgan fingerprint density at radius 2 is 2.22 bits per heavy atom. The van der Waals surface area contributed by atoms with Gasteiger partial charge in [-0.1, -0.05) is 15.9 Å². The monoisotopic (exact) mass is 304 g/mol. The molecule has 1 N–H and O–H groups in total. The van der Waals surface area contributed by atoms with E-state index in [1.807, 2.05) is 16.9 Å². The molecule has 0 saturated carbocycles. The fourth-order valence-electron chi connectivity index (χ4n) is 2.10. The molecule has 0 aliphatic heterocycles. The molecule has 92 valence electrons. The van der Waals surface area contributed by atoms with Crippen molar-refractivity contribution in [1.29, 1.82) is 0 Å². The van der Waals surface area contributed by atoms with Crippen LogP contribution in [0.1, 0.15) is 24.4 Å². The molecule has 0 amide bonds. The third-order valence-electron chi connectivity index (χ3n) is 3.08. The molecule has 1 aromatic carbocycles. The third kappa shape index (κ3) is 1.84. The van der Waals surface area contributed by atoms with Crippen molar-refractivity contribution in [3.05, 3.63) is 46.5 Å². The van der Waals surface area contributed by atoms with Crippen LogP contribution in [0.3, 0.4) is 0 Å². The Labute approximate surface area is 113 Å². The smallest absolute Gasteiger partial charge is 0.131 e. The van der Waals surface area contributed by atoms with Crippen LogP contribution in [0.4, 0.5) is 0 Å². The summed E-state index contributed by atoms with van der Waals surface area (Å²) >= 11 is 3.50. The van der Waals surface area contributed by atoms with Gasteiger partial charge < -0.3 is 4.98 Å². The number of imidazole rings is 1. The van der Waals surface area contributed by atoms with Crippen molar-refractivity contribution >= 4 is 27.0 Å². The van der Waals surface area contributed by atoms with E-state index in [0.29, 0.717) is 0 Å². The lowest BCUT2D eigenvalue weighted by Gasteiger charge is -2.08. The number of aryl methyl sites for hydroxylation is 1. The van der Waals surface area contributed by atoms with Crippen molar-refractivity contribution in [3.8, 4) is 0 Å². The van der Waals surface area contributed by atoms with Gasteiger partial charge in [-0.15, -0.1) is 0 Å². The number of rotatable bonds is 2. The molecular formula is C13H13BrN4. The molecule has 4 nitrogen and oxygen atoms in total. The summed E-state index contributed by atoms with van der Waals surface area (Å²) in [5.74, 6) is 0.926. The number of aromatic amines is 1. The lowest BCUT2D eigenvalue weighted by Crippen LogP contribution is -2.08. The molecule has 0 bridgehead atoms. The van der Waals surface area contributed by atoms with Gasteiger partial charge in [0.1, 0.15) is 11.9 Å². The van der Waals surface area contributed by atoms with Gasteiger partial charge in [-0.3, -0.25) is 4.68 Å². The quantitative estimate of drug-likeness (QED) is 0.788. The van der Waals surface area contributed by atoms with Crippen LogP contribution in [0, 0.1) is 6.92 Å². The van der Waals surface area contributed by atoms with Crippen LogP contribution in [0.15, 0.2) is 35.1 Å². The van der Waals surface area contributed by atoms with Gasteiger partial charge in [0.15, 0.2) is 0 Å². The third-order valence-corrected chi connectivity index (χ3v) is 3.54. The molecule has 3 rings (SSSR count). The fourth-order valence-corrected chi connectivity index (χ4v) is 2.67. The number of nitrogens with one attached hydrogen (secondary N) is 1. The Hall–Kier alpha value is -1.62. The normalized spacial score (nSPS) is 13.1. The first kappa shape index (κ1) is 11.5. The molecule has 2 heterocycles. The Kier molecular flexibility index (Phi) is 2.70. The molecule has 3 aromatic rings. The van der Waals surface area contributed by atoms with Gasteiger partial charge in [-0.05, 0) is 37.6 Å². The fraction of sp³-hybridized carbons (Fsp3) is 0.231. The molecule has 1 unspecified atom stereocenters. The molecular weight excluding hydrogens is 292 g/mol. The first-order valence-corrected chi connectivity index (χ1v) is 6.59. The Morgan fingerprint density at radius 1 is 1.39 bits per heavy atom. The van der Waals surface area contributed by atoms with Gasteiger partial charge in [-0.25, -0.2) is 4.98 Å². The van der Waals surface area contributed by atoms with E-state index in [-0.39, 0.29) is 6.04 Å². The molecule has 2 aromatic heterocycles. The van der Waals surface area contributed by atoms with Crippen LogP contribution < -0.4 is 0 Å². The molecule has 0 radical (unpaired) electrons. The maximum absolute atomic E-state index is 4.67. The highest BCUT2D eigenvalue weighted by Crippen LogP contribution is 2.24. The summed E-state index contributed by atoms with van der Waals surface area (Å²) in [6.45, 7) is 4.14. The predicted octanol–water partition coefficient (Wildman–Crippen LogP) is 3.44. The van der Waals surface area contributed by atoms with E-state index < -0.39 is 0 Å². The van der Waals surface area contributed by atoms with E-state index in [0.717, 1.165) is 26.9 Å². The highest BCUT2D eigenvalue weighted by atomic mass is 79.9. The average Bonchev–Trinajstić information content (AvgIpc) is 2.96. The van der Waals surface area contributed by atoms with Crippen LogP contribution in [-0.2, 0) is 0 Å². The molecule has 1 atom stereocenters. The van der Waals surface area contributed by atoms with E-state index in [1.54, 1.807) is 6.20 Å². The maximum atomic E-state index is 4.67. The van der Waals surface area contributed by atoms with Crippen molar-refractivity contribution in [2.75, 3.05) is 0 Å². The Balaban J connectivity index is 2.11. The van der Waals surface area contributed by atoms with Crippen molar-refractivity contribution in [3.63, 3.8) is 0 Å². The second kappa shape index (κ2) is 4.24. The molecule has 18 heavy (non-hydrogen) atoms. The Bertz CT molecular complexity index is 684. The van der Waals surface area contributed by atoms with E-state index in [9.17, 15) is 0 Å². The SMILES string of the molecule is Cc1cc(Br)cc2[nH]c(C(C)n3cccn3)nc12. The lowest BCUT2D eigenvalue weighted by molar-refractivity contribution is 0.542. The van der Waals surface area contributed by atoms with Crippen molar-refractivity contribution in [2.45, 2.75) is 19.9 Å². The Morgan fingerprint density at radius 3 is 2.94 bits per heavy atom. The molecule has 0 fully saturated rings. The maximum Gasteiger partial charge on any atom is 0.131 e. The summed E-state index contributed by atoms with van der Waals surface area (Å²) in [5.41, 5.74) is 3.23. The highest BCUT2D eigenvalue weighted by Gasteiger charge is 2.14. The van der Waals surface area contributed by atoms with Gasteiger partial charge in [0.25, 0.3) is 0 Å². The highest BCUT2D eigenvalue weighted by molar-refractivity contribution is 9.10. The van der Waals surface area contributed by atoms with Crippen molar-refractivity contribution in [2.24, 2.45) is 0 Å². The minimum absolute atomic E-state index is 0.102. The first-order chi connectivity index (χ1) is 8.65. The van der Waals surface area contributed by atoms with E-state index in [1.165, 1.54) is 0 Å². The molecule has 0 aliphatic rings. The van der Waals surface area contributed by atoms with Crippen LogP contribution >= 0.6 is 15.9 Å². The van der Waals surface area contributed by atoms with E-state index in [4.69, 9.17) is 0 Å². The van der Waals surface area contributed by atoms with Gasteiger partial charge in [0, 0.05) is 16.9 Å². The van der Waals surface area contributed by atoms with Crippen LogP contribution in [0.2, 0.25) is 0 Å². The van der Waals surface area contributed by atoms with Gasteiger partial charge in [0.05, 0.1) is 11.0 Å². The topological polar surface area (TPSA) is 46.5 Å². The number of hydrogen-bond donors (Lipinski definition) is 1. The zero-order chi connectivity index (χ0) is 12.7. The number of fused-ring (bicyclic) bond motifs is 1. The van der Waals surface area contributed by atoms with Gasteiger partial charge >= 0.3 is 0 Å². The zero-order valence-corrected chi connectivity index (χ0v) is 11.8. The molecule has 0 aliphatic carbocycles. The van der Waals surface area contributed by atoms with Crippen LogP contribution in [0.5, 0.6) is 0 Å². The predicted molar refractivity (Wildman–Crippen MR) is 74.6 cm³/mol. The number of halogens is 1. The second-order valence-electron chi connectivity index (χ2n) is 4.40. The average molecular weight is 305 g/mol. The van der Waals surface area contributed by atoms with Gasteiger partial charge in [0.2, 0.25) is 0 Å². The van der Waals surface area contributed by atoms with Crippen LogP contribution in [-0.4, -0.2) is 19.7 Å². The van der Waals surface area contributed by atoms with Crippen molar-refractivity contribution in [1.82, 2.24) is 19.7 Å². The second-order valence-corrected chi connectivity index (χ2v) is 5.32. The van der Waals surface area contributed by atoms with Gasteiger partial charge in [-0.2, -0.15) is 5.10 Å². The summed E-state index contributed by atoms with van der Waals surface area (Å²) in [7, 11) is 0. The number of hydrogen-bond acceptors (Lipinski definition) is 2. The van der Waals surface area contributed by atoms with E-state index >= 15 is 0 Å². The number of H-pyrrole nitrogens is 1. The minimum atomic E-state index is 0.102. The molecule has 0 spiro atoms. The largest absolute Gasteiger partial charge is 0.340 e. The lowest BCUT2D eigenvalue weighted by atomic mass is 10.2. The summed E-state index contributed by atoms with van der Waals surface area (Å²) < 4.78 is 2.96. The summed E-state index contributed by atoms with van der Waals surface area (Å²) in [6.07, 6.45) is 3.72. The minimum Gasteiger partial charge on any atom is -0.340 e. The first-order valence-electron chi connectivity index (χ1n) is 5.80. The summed E-state index contributed by atoms with van der Waals surface area (Å²) in [6, 6.07) is 6.15. The standard InChI is InChI=1S/C13H13BrN4/c1-8-6-10(14)7-11-12(8)17-13(16-11)9(2)18-5-3-4-15-18/h3-7,9H,1-2H3,(H,16,17). The summed E-state index contributed by atoms with van der Waals surface area (Å²) in [5, 5.41) is 4.25. The van der Waals surface area contributed by atoms with Crippen molar-refractivity contribution < 1.29 is 0 Å². The summed E-state index contributed by atoms with van der Waals surface area (Å²) in [4.78, 5) is 8.04. The molecule has 0 saturated heterocycles. The van der Waals surface area contributed by atoms with E-state index in [2.05, 4.69) is 57.0 Å². The number of nitrogens with zero attached hydrogens (tertiary/aromatic N) is 3. The molecule has 5 heteroatoms. The number of aromatic nitrogens is 4. The number of benzene rings is 1. The zero-order valence-electron chi connectivity index (χ0n) is 10.2. The van der Waals surface area contributed by atoms with Crippen LogP contribution in [0.25, 0.3) is 11.0 Å².